The monoisotopic (exact) mass is 281 g/mol. The number of aryl methyl sites for hydroxylation is 2. The summed E-state index contributed by atoms with van der Waals surface area (Å²) in [4.78, 5) is 15.9. The molecule has 3 aromatic rings. The molecule has 0 spiro atoms. The van der Waals surface area contributed by atoms with E-state index in [1.54, 1.807) is 18.3 Å². The number of hydrogen-bond acceptors (Lipinski definition) is 3. The van der Waals surface area contributed by atoms with E-state index in [2.05, 4.69) is 20.7 Å². The summed E-state index contributed by atoms with van der Waals surface area (Å²) in [6, 6.07) is 10.7. The molecule has 0 atom stereocenters. The minimum absolute atomic E-state index is 0.333. The van der Waals surface area contributed by atoms with Gasteiger partial charge >= 0.3 is 6.03 Å². The van der Waals surface area contributed by atoms with Gasteiger partial charge in [-0.3, -0.25) is 10.00 Å². The van der Waals surface area contributed by atoms with Crippen LogP contribution in [0.1, 0.15) is 5.69 Å². The second-order valence-corrected chi connectivity index (χ2v) is 4.74. The van der Waals surface area contributed by atoms with E-state index in [4.69, 9.17) is 0 Å². The number of nitrogens with one attached hydrogen (secondary N) is 2. The number of anilines is 2. The zero-order valence-corrected chi connectivity index (χ0v) is 11.8. The third kappa shape index (κ3) is 2.69. The molecule has 3 rings (SSSR count). The van der Waals surface area contributed by atoms with Crippen LogP contribution in [0.25, 0.3) is 10.9 Å². The molecular weight excluding hydrogens is 266 g/mol. The Morgan fingerprint density at radius 1 is 1.19 bits per heavy atom. The first kappa shape index (κ1) is 13.1. The van der Waals surface area contributed by atoms with Crippen LogP contribution in [0.4, 0.5) is 16.3 Å². The van der Waals surface area contributed by atoms with Crippen molar-refractivity contribution in [2.45, 2.75) is 6.92 Å². The fourth-order valence-electron chi connectivity index (χ4n) is 2.12. The van der Waals surface area contributed by atoms with E-state index >= 15 is 0 Å². The maximum Gasteiger partial charge on any atom is 0.324 e. The van der Waals surface area contributed by atoms with Crippen LogP contribution in [-0.4, -0.2) is 20.8 Å². The third-order valence-electron chi connectivity index (χ3n) is 3.30. The normalized spacial score (nSPS) is 10.6. The molecule has 6 heteroatoms. The van der Waals surface area contributed by atoms with Crippen LogP contribution in [0.5, 0.6) is 0 Å². The van der Waals surface area contributed by atoms with Crippen LogP contribution < -0.4 is 10.6 Å². The maximum absolute atomic E-state index is 11.9. The first-order valence-corrected chi connectivity index (χ1v) is 6.56. The van der Waals surface area contributed by atoms with Crippen molar-refractivity contribution in [3.8, 4) is 0 Å². The van der Waals surface area contributed by atoms with E-state index < -0.39 is 0 Å². The number of pyridine rings is 1. The fourth-order valence-corrected chi connectivity index (χ4v) is 2.12. The number of nitrogens with zero attached hydrogens (tertiary/aromatic N) is 3. The molecule has 0 fully saturated rings. The molecule has 0 aliphatic heterocycles. The van der Waals surface area contributed by atoms with Crippen molar-refractivity contribution >= 4 is 28.4 Å². The van der Waals surface area contributed by atoms with Crippen molar-refractivity contribution in [3.63, 3.8) is 0 Å². The molecule has 0 saturated heterocycles. The smallest absolute Gasteiger partial charge is 0.308 e. The number of hydrogen-bond donors (Lipinski definition) is 2. The van der Waals surface area contributed by atoms with E-state index in [-0.39, 0.29) is 6.03 Å². The van der Waals surface area contributed by atoms with Crippen molar-refractivity contribution in [2.75, 3.05) is 10.6 Å². The lowest BCUT2D eigenvalue weighted by Gasteiger charge is -2.06. The van der Waals surface area contributed by atoms with Gasteiger partial charge in [0, 0.05) is 30.0 Å². The van der Waals surface area contributed by atoms with E-state index in [1.807, 2.05) is 42.9 Å². The van der Waals surface area contributed by atoms with Crippen LogP contribution in [-0.2, 0) is 7.05 Å². The van der Waals surface area contributed by atoms with Crippen LogP contribution in [0.2, 0.25) is 0 Å². The zero-order valence-electron chi connectivity index (χ0n) is 11.8. The molecule has 2 heterocycles. The van der Waals surface area contributed by atoms with Crippen molar-refractivity contribution in [2.24, 2.45) is 7.05 Å². The molecule has 0 bridgehead atoms. The number of amides is 2. The lowest BCUT2D eigenvalue weighted by molar-refractivity contribution is 0.262. The highest BCUT2D eigenvalue weighted by molar-refractivity contribution is 6.00. The largest absolute Gasteiger partial charge is 0.324 e. The number of carbonyl (C=O) groups is 1. The highest BCUT2D eigenvalue weighted by atomic mass is 16.2. The number of fused-ring (bicyclic) bond motifs is 1. The molecule has 2 amide bonds. The van der Waals surface area contributed by atoms with Gasteiger partial charge in [-0.05, 0) is 37.3 Å². The maximum atomic E-state index is 11.9. The van der Waals surface area contributed by atoms with E-state index in [0.717, 1.165) is 16.6 Å². The molecular formula is C15H15N5O. The summed E-state index contributed by atoms with van der Waals surface area (Å²) in [5.74, 6) is 0.504. The van der Waals surface area contributed by atoms with Gasteiger partial charge in [-0.1, -0.05) is 6.07 Å². The molecule has 21 heavy (non-hydrogen) atoms. The van der Waals surface area contributed by atoms with Gasteiger partial charge < -0.3 is 5.32 Å². The molecule has 0 saturated carbocycles. The Kier molecular flexibility index (Phi) is 3.27. The first-order chi connectivity index (χ1) is 10.1. The number of rotatable bonds is 2. The fraction of sp³-hybridized carbons (Fsp3) is 0.133. The summed E-state index contributed by atoms with van der Waals surface area (Å²) < 4.78 is 1.82. The molecule has 0 aliphatic carbocycles. The number of aromatic nitrogens is 3. The first-order valence-electron chi connectivity index (χ1n) is 6.56. The van der Waals surface area contributed by atoms with E-state index in [1.165, 1.54) is 0 Å². The summed E-state index contributed by atoms with van der Waals surface area (Å²) in [6.45, 7) is 2.01. The Morgan fingerprint density at radius 2 is 2.05 bits per heavy atom. The predicted molar refractivity (Wildman–Crippen MR) is 82.3 cm³/mol. The molecule has 106 valence electrons. The summed E-state index contributed by atoms with van der Waals surface area (Å²) >= 11 is 0. The average molecular weight is 281 g/mol. The quantitative estimate of drug-likeness (QED) is 0.758. The summed E-state index contributed by atoms with van der Waals surface area (Å²) in [5.41, 5.74) is 2.63. The van der Waals surface area contributed by atoms with Gasteiger partial charge in [0.2, 0.25) is 0 Å². The highest BCUT2D eigenvalue weighted by Gasteiger charge is 2.07. The zero-order chi connectivity index (χ0) is 14.8. The molecule has 0 radical (unpaired) electrons. The Balaban J connectivity index is 1.77. The summed E-state index contributed by atoms with van der Waals surface area (Å²) in [5, 5.41) is 10.9. The lowest BCUT2D eigenvalue weighted by Crippen LogP contribution is -2.19. The molecule has 1 aromatic carbocycles. The number of urea groups is 1. The Morgan fingerprint density at radius 3 is 2.81 bits per heavy atom. The lowest BCUT2D eigenvalue weighted by atomic mass is 10.2. The van der Waals surface area contributed by atoms with Gasteiger partial charge in [-0.25, -0.2) is 9.78 Å². The predicted octanol–water partition coefficient (Wildman–Crippen LogP) is 2.92. The van der Waals surface area contributed by atoms with Crippen LogP contribution >= 0.6 is 0 Å². The van der Waals surface area contributed by atoms with Crippen molar-refractivity contribution in [1.82, 2.24) is 14.8 Å². The van der Waals surface area contributed by atoms with Crippen molar-refractivity contribution in [3.05, 3.63) is 48.3 Å². The van der Waals surface area contributed by atoms with Gasteiger partial charge in [-0.15, -0.1) is 0 Å². The summed E-state index contributed by atoms with van der Waals surface area (Å²) in [7, 11) is 1.90. The van der Waals surface area contributed by atoms with Crippen LogP contribution in [0.3, 0.4) is 0 Å². The van der Waals surface area contributed by atoms with Gasteiger partial charge in [0.1, 0.15) is 5.82 Å². The summed E-state index contributed by atoms with van der Waals surface area (Å²) in [6.07, 6.45) is 1.62. The molecule has 0 unspecified atom stereocenters. The second kappa shape index (κ2) is 5.24. The minimum Gasteiger partial charge on any atom is -0.308 e. The SMILES string of the molecule is Cc1c2ccc(NC(=O)Nc3ccccn3)cc2nn1C. The van der Waals surface area contributed by atoms with Crippen LogP contribution in [0, 0.1) is 6.92 Å². The second-order valence-electron chi connectivity index (χ2n) is 4.74. The Bertz CT molecular complexity index is 794. The number of benzene rings is 1. The third-order valence-corrected chi connectivity index (χ3v) is 3.30. The average Bonchev–Trinajstić information content (AvgIpc) is 2.74. The number of carbonyl (C=O) groups excluding carboxylic acids is 1. The highest BCUT2D eigenvalue weighted by Crippen LogP contribution is 2.21. The van der Waals surface area contributed by atoms with Gasteiger partial charge in [0.05, 0.1) is 5.52 Å². The Labute approximate surface area is 121 Å². The molecule has 6 nitrogen and oxygen atoms in total. The Hall–Kier alpha value is -2.89. The molecule has 2 aromatic heterocycles. The van der Waals surface area contributed by atoms with Crippen molar-refractivity contribution < 1.29 is 4.79 Å². The van der Waals surface area contributed by atoms with Crippen molar-refractivity contribution in [1.29, 1.82) is 0 Å². The standard InChI is InChI=1S/C15H15N5O/c1-10-12-7-6-11(9-13(12)19-20(10)2)17-15(21)18-14-5-3-4-8-16-14/h3-9H,1-2H3,(H2,16,17,18,21). The van der Waals surface area contributed by atoms with Gasteiger partial charge in [0.15, 0.2) is 0 Å². The topological polar surface area (TPSA) is 71.8 Å². The van der Waals surface area contributed by atoms with Gasteiger partial charge in [-0.2, -0.15) is 5.10 Å². The molecule has 2 N–H and O–H groups in total. The minimum atomic E-state index is -0.333. The van der Waals surface area contributed by atoms with Gasteiger partial charge in [0.25, 0.3) is 0 Å². The van der Waals surface area contributed by atoms with E-state index in [9.17, 15) is 4.79 Å². The van der Waals surface area contributed by atoms with E-state index in [0.29, 0.717) is 11.5 Å². The van der Waals surface area contributed by atoms with Crippen LogP contribution in [0.15, 0.2) is 42.6 Å². The molecule has 0 aliphatic rings.